The Hall–Kier alpha value is -3.24. The van der Waals surface area contributed by atoms with Crippen LogP contribution in [0.1, 0.15) is 12.0 Å². The zero-order valence-electron chi connectivity index (χ0n) is 17.2. The van der Waals surface area contributed by atoms with E-state index in [1.807, 2.05) is 0 Å². The van der Waals surface area contributed by atoms with Crippen LogP contribution in [0.4, 0.5) is 30.2 Å². The molecule has 11 heteroatoms. The number of ether oxygens (including phenoxy) is 3. The maximum atomic E-state index is 12.5. The van der Waals surface area contributed by atoms with Crippen LogP contribution in [-0.4, -0.2) is 44.5 Å². The molecule has 2 heterocycles. The lowest BCUT2D eigenvalue weighted by atomic mass is 10.1. The molecule has 2 aliphatic heterocycles. The number of carbonyl (C=O) groups excluding carboxylic acids is 1. The number of fused-ring (bicyclic) bond motifs is 1. The number of hydrogen-bond acceptors (Lipinski definition) is 6. The summed E-state index contributed by atoms with van der Waals surface area (Å²) < 4.78 is 53.0. The molecule has 0 saturated carbocycles. The summed E-state index contributed by atoms with van der Waals surface area (Å²) in [5.74, 6) is -0.423. The van der Waals surface area contributed by atoms with Crippen molar-refractivity contribution in [3.63, 3.8) is 0 Å². The number of rotatable bonds is 6. The van der Waals surface area contributed by atoms with Gasteiger partial charge in [0.25, 0.3) is 0 Å². The van der Waals surface area contributed by atoms with Crippen LogP contribution in [0.25, 0.3) is 0 Å². The second kappa shape index (κ2) is 9.32. The van der Waals surface area contributed by atoms with E-state index in [4.69, 9.17) is 21.1 Å². The van der Waals surface area contributed by atoms with Gasteiger partial charge >= 0.3 is 6.36 Å². The molecule has 0 bridgehead atoms. The van der Waals surface area contributed by atoms with Gasteiger partial charge in [-0.25, -0.2) is 0 Å². The highest BCUT2D eigenvalue weighted by Crippen LogP contribution is 2.42. The molecule has 0 aromatic heterocycles. The van der Waals surface area contributed by atoms with Gasteiger partial charge in [-0.1, -0.05) is 18.2 Å². The second-order valence-corrected chi connectivity index (χ2v) is 7.65. The van der Waals surface area contributed by atoms with Crippen LogP contribution < -0.4 is 19.7 Å². The maximum Gasteiger partial charge on any atom is 0.573 e. The number of hydrogen-bond donors (Lipinski definition) is 1. The minimum Gasteiger partial charge on any atom is -0.486 e. The Bertz CT molecular complexity index is 1100. The molecule has 2 aliphatic rings. The number of aliphatic imine (C=N–C) groups is 1. The first-order chi connectivity index (χ1) is 15.7. The van der Waals surface area contributed by atoms with Crippen molar-refractivity contribution in [2.45, 2.75) is 18.9 Å². The van der Waals surface area contributed by atoms with E-state index in [-0.39, 0.29) is 17.8 Å². The van der Waals surface area contributed by atoms with Crippen molar-refractivity contribution in [1.29, 1.82) is 0 Å². The van der Waals surface area contributed by atoms with E-state index >= 15 is 0 Å². The van der Waals surface area contributed by atoms with Crippen LogP contribution in [-0.2, 0) is 9.53 Å². The zero-order chi connectivity index (χ0) is 23.6. The third-order valence-corrected chi connectivity index (χ3v) is 5.24. The second-order valence-electron chi connectivity index (χ2n) is 7.25. The van der Waals surface area contributed by atoms with Crippen molar-refractivity contribution in [2.75, 3.05) is 30.1 Å². The first-order valence-corrected chi connectivity index (χ1v) is 10.3. The number of halogens is 4. The monoisotopic (exact) mass is 481 g/mol. The summed E-state index contributed by atoms with van der Waals surface area (Å²) in [4.78, 5) is 18.0. The summed E-state index contributed by atoms with van der Waals surface area (Å²) in [5, 5.41) is 2.78. The first kappa shape index (κ1) is 22.9. The van der Waals surface area contributed by atoms with Crippen LogP contribution in [0.3, 0.4) is 0 Å². The summed E-state index contributed by atoms with van der Waals surface area (Å²) in [5.41, 5.74) is 2.17. The summed E-state index contributed by atoms with van der Waals surface area (Å²) in [6, 6.07) is 7.13. The van der Waals surface area contributed by atoms with E-state index < -0.39 is 18.0 Å². The van der Waals surface area contributed by atoms with Crippen LogP contribution in [0.15, 0.2) is 48.0 Å². The molecule has 1 unspecified atom stereocenters. The minimum absolute atomic E-state index is 0.0514. The fraction of sp³-hybridized carbons (Fsp3) is 0.273. The Morgan fingerprint density at radius 1 is 1.30 bits per heavy atom. The molecule has 1 fully saturated rings. The smallest absolute Gasteiger partial charge is 0.486 e. The average molecular weight is 482 g/mol. The van der Waals surface area contributed by atoms with Gasteiger partial charge < -0.3 is 24.4 Å². The molecule has 2 aromatic carbocycles. The third kappa shape index (κ3) is 5.40. The molecule has 1 amide bonds. The Labute approximate surface area is 192 Å². The highest BCUT2D eigenvalue weighted by atomic mass is 35.5. The van der Waals surface area contributed by atoms with Crippen LogP contribution in [0.5, 0.6) is 11.5 Å². The van der Waals surface area contributed by atoms with E-state index in [2.05, 4.69) is 21.6 Å². The molecule has 0 spiro atoms. The quantitative estimate of drug-likeness (QED) is 0.584. The van der Waals surface area contributed by atoms with Crippen molar-refractivity contribution in [3.8, 4) is 11.5 Å². The van der Waals surface area contributed by atoms with Gasteiger partial charge in [0.15, 0.2) is 0 Å². The number of nitrogens with zero attached hydrogens (tertiary/aromatic N) is 2. The Morgan fingerprint density at radius 3 is 2.79 bits per heavy atom. The SMILES string of the molecule is C=CC(=O)Nc1cc2c(cc1OC1CCOC1)N(c1ccc(OC(F)(F)F)cc1Cl)CN=C2. The molecular weight excluding hydrogens is 463 g/mol. The molecule has 174 valence electrons. The molecular formula is C22H19ClF3N3O4. The summed E-state index contributed by atoms with van der Waals surface area (Å²) in [7, 11) is 0. The van der Waals surface area contributed by atoms with Crippen LogP contribution in [0, 0.1) is 0 Å². The lowest BCUT2D eigenvalue weighted by molar-refractivity contribution is -0.274. The van der Waals surface area contributed by atoms with E-state index in [0.717, 1.165) is 12.1 Å². The zero-order valence-corrected chi connectivity index (χ0v) is 17.9. The normalized spacial score (nSPS) is 17.5. The van der Waals surface area contributed by atoms with Crippen molar-refractivity contribution in [1.82, 2.24) is 0 Å². The summed E-state index contributed by atoms with van der Waals surface area (Å²) in [6.07, 6.45) is -1.53. The number of amides is 1. The minimum atomic E-state index is -4.82. The van der Waals surface area contributed by atoms with Gasteiger partial charge in [0.05, 0.1) is 35.3 Å². The van der Waals surface area contributed by atoms with Gasteiger partial charge in [-0.05, 0) is 24.3 Å². The summed E-state index contributed by atoms with van der Waals surface area (Å²) >= 11 is 6.30. The molecule has 7 nitrogen and oxygen atoms in total. The van der Waals surface area contributed by atoms with E-state index in [0.29, 0.717) is 48.0 Å². The van der Waals surface area contributed by atoms with Crippen LogP contribution in [0.2, 0.25) is 5.02 Å². The number of alkyl halides is 3. The highest BCUT2D eigenvalue weighted by Gasteiger charge is 2.31. The molecule has 1 N–H and O–H groups in total. The lowest BCUT2D eigenvalue weighted by Crippen LogP contribution is -2.24. The Morgan fingerprint density at radius 2 is 2.12 bits per heavy atom. The molecule has 0 aliphatic carbocycles. The van der Waals surface area contributed by atoms with Gasteiger partial charge in [0, 0.05) is 30.3 Å². The topological polar surface area (TPSA) is 72.4 Å². The van der Waals surface area contributed by atoms with Crippen molar-refractivity contribution >= 4 is 40.8 Å². The standard InChI is InChI=1S/C22H19ClF3N3O4/c1-2-21(30)28-17-7-13-10-27-12-29(19(13)9-20(17)32-15-5-6-31-11-15)18-4-3-14(8-16(18)23)33-22(24,25)26/h2-4,7-10,15H,1,5-6,11-12H2,(H,28,30). The molecule has 1 saturated heterocycles. The van der Waals surface area contributed by atoms with Gasteiger partial charge in [0.2, 0.25) is 5.91 Å². The summed E-state index contributed by atoms with van der Waals surface area (Å²) in [6.45, 7) is 4.64. The molecule has 33 heavy (non-hydrogen) atoms. The average Bonchev–Trinajstić information content (AvgIpc) is 3.26. The number of nitrogens with one attached hydrogen (secondary N) is 1. The van der Waals surface area contributed by atoms with Gasteiger partial charge in [-0.3, -0.25) is 9.79 Å². The number of anilines is 3. The third-order valence-electron chi connectivity index (χ3n) is 4.94. The number of benzene rings is 2. The van der Waals surface area contributed by atoms with Crippen molar-refractivity contribution < 1.29 is 32.2 Å². The molecule has 0 radical (unpaired) electrons. The first-order valence-electron chi connectivity index (χ1n) is 9.92. The maximum absolute atomic E-state index is 12.5. The van der Waals surface area contributed by atoms with Crippen LogP contribution >= 0.6 is 11.6 Å². The van der Waals surface area contributed by atoms with Gasteiger partial charge in [-0.15, -0.1) is 13.2 Å². The molecule has 1 atom stereocenters. The van der Waals surface area contributed by atoms with Crippen molar-refractivity contribution in [3.05, 3.63) is 53.6 Å². The fourth-order valence-corrected chi connectivity index (χ4v) is 3.77. The largest absolute Gasteiger partial charge is 0.573 e. The Kier molecular flexibility index (Phi) is 6.48. The lowest BCUT2D eigenvalue weighted by Gasteiger charge is -2.30. The highest BCUT2D eigenvalue weighted by molar-refractivity contribution is 6.33. The van der Waals surface area contributed by atoms with E-state index in [1.54, 1.807) is 23.2 Å². The van der Waals surface area contributed by atoms with Crippen molar-refractivity contribution in [2.24, 2.45) is 4.99 Å². The predicted molar refractivity (Wildman–Crippen MR) is 118 cm³/mol. The van der Waals surface area contributed by atoms with Gasteiger partial charge in [0.1, 0.15) is 24.3 Å². The Balaban J connectivity index is 1.71. The fourth-order valence-electron chi connectivity index (χ4n) is 3.49. The predicted octanol–water partition coefficient (Wildman–Crippen LogP) is 5.06. The molecule has 2 aromatic rings. The van der Waals surface area contributed by atoms with E-state index in [9.17, 15) is 18.0 Å². The number of carbonyl (C=O) groups is 1. The molecule has 4 rings (SSSR count). The van der Waals surface area contributed by atoms with E-state index in [1.165, 1.54) is 12.1 Å². The van der Waals surface area contributed by atoms with Gasteiger partial charge in [-0.2, -0.15) is 0 Å².